The smallest absolute Gasteiger partial charge is 0.215 e. The maximum Gasteiger partial charge on any atom is 0.215 e. The number of hydrogen-bond donors (Lipinski definition) is 2. The standard InChI is InChI=1S/C10H14N8S/c1-2-7-8(14-11)12-5-13-9(7)19-10-15-16-17-18(10)6-3-4-6/h5-6H,2-4,11H2,1H3,(H,12,13,14). The molecule has 3 N–H and O–H groups in total. The monoisotopic (exact) mass is 278 g/mol. The van der Waals surface area contributed by atoms with Crippen LogP contribution in [0.1, 0.15) is 31.4 Å². The van der Waals surface area contributed by atoms with Crippen molar-refractivity contribution >= 4 is 17.6 Å². The summed E-state index contributed by atoms with van der Waals surface area (Å²) < 4.78 is 1.86. The third-order valence-corrected chi connectivity index (χ3v) is 3.94. The molecule has 9 heteroatoms. The van der Waals surface area contributed by atoms with E-state index in [-0.39, 0.29) is 0 Å². The van der Waals surface area contributed by atoms with Gasteiger partial charge >= 0.3 is 0 Å². The van der Waals surface area contributed by atoms with Crippen molar-refractivity contribution in [2.24, 2.45) is 5.84 Å². The molecular formula is C10H14N8S. The summed E-state index contributed by atoms with van der Waals surface area (Å²) >= 11 is 1.45. The largest absolute Gasteiger partial charge is 0.308 e. The van der Waals surface area contributed by atoms with E-state index >= 15 is 0 Å². The fraction of sp³-hybridized carbons (Fsp3) is 0.500. The molecule has 0 atom stereocenters. The summed E-state index contributed by atoms with van der Waals surface area (Å²) in [5, 5.41) is 13.4. The van der Waals surface area contributed by atoms with Gasteiger partial charge in [0.05, 0.1) is 6.04 Å². The number of nitrogen functional groups attached to an aromatic ring is 1. The first kappa shape index (κ1) is 12.3. The van der Waals surface area contributed by atoms with Crippen LogP contribution in [0.4, 0.5) is 5.82 Å². The summed E-state index contributed by atoms with van der Waals surface area (Å²) in [6.07, 6.45) is 4.55. The Morgan fingerprint density at radius 1 is 1.47 bits per heavy atom. The van der Waals surface area contributed by atoms with Crippen molar-refractivity contribution in [3.8, 4) is 0 Å². The Bertz CT molecular complexity index is 579. The SMILES string of the molecule is CCc1c(NN)ncnc1Sc1nnnn1C1CC1. The van der Waals surface area contributed by atoms with Gasteiger partial charge in [0, 0.05) is 5.56 Å². The maximum absolute atomic E-state index is 5.46. The van der Waals surface area contributed by atoms with Crippen LogP contribution in [0.2, 0.25) is 0 Å². The van der Waals surface area contributed by atoms with E-state index < -0.39 is 0 Å². The zero-order valence-electron chi connectivity index (χ0n) is 10.4. The first-order chi connectivity index (χ1) is 9.33. The second kappa shape index (κ2) is 5.10. The number of hydrazine groups is 1. The van der Waals surface area contributed by atoms with E-state index in [1.807, 2.05) is 11.6 Å². The van der Waals surface area contributed by atoms with E-state index in [0.29, 0.717) is 11.9 Å². The van der Waals surface area contributed by atoms with Gasteiger partial charge in [0.1, 0.15) is 17.2 Å². The number of aromatic nitrogens is 6. The van der Waals surface area contributed by atoms with Gasteiger partial charge in [0.25, 0.3) is 0 Å². The number of anilines is 1. The molecule has 0 amide bonds. The minimum Gasteiger partial charge on any atom is -0.308 e. The number of hydrogen-bond acceptors (Lipinski definition) is 8. The van der Waals surface area contributed by atoms with Crippen LogP contribution in [0.5, 0.6) is 0 Å². The average molecular weight is 278 g/mol. The van der Waals surface area contributed by atoms with Gasteiger partial charge in [-0.15, -0.1) is 5.10 Å². The molecule has 2 aromatic heterocycles. The number of tetrazole rings is 1. The predicted molar refractivity (Wildman–Crippen MR) is 69.4 cm³/mol. The van der Waals surface area contributed by atoms with Gasteiger partial charge in [-0.25, -0.2) is 20.5 Å². The van der Waals surface area contributed by atoms with Crippen molar-refractivity contribution in [2.75, 3.05) is 5.43 Å². The molecule has 0 bridgehead atoms. The van der Waals surface area contributed by atoms with E-state index in [2.05, 4.69) is 30.9 Å². The molecule has 0 saturated heterocycles. The van der Waals surface area contributed by atoms with Crippen LogP contribution in [-0.4, -0.2) is 30.2 Å². The first-order valence-corrected chi connectivity index (χ1v) is 6.91. The molecular weight excluding hydrogens is 264 g/mol. The van der Waals surface area contributed by atoms with Crippen LogP contribution >= 0.6 is 11.8 Å². The Balaban J connectivity index is 1.92. The molecule has 2 heterocycles. The molecule has 1 aliphatic carbocycles. The van der Waals surface area contributed by atoms with Crippen LogP contribution in [0.25, 0.3) is 0 Å². The number of nitrogens with one attached hydrogen (secondary N) is 1. The molecule has 3 rings (SSSR count). The van der Waals surface area contributed by atoms with Crippen molar-refractivity contribution in [3.05, 3.63) is 11.9 Å². The second-order valence-corrected chi connectivity index (χ2v) is 5.20. The lowest BCUT2D eigenvalue weighted by atomic mass is 10.2. The quantitative estimate of drug-likeness (QED) is 0.469. The molecule has 8 nitrogen and oxygen atoms in total. The van der Waals surface area contributed by atoms with Gasteiger partial charge < -0.3 is 5.43 Å². The minimum atomic E-state index is 0.441. The summed E-state index contributed by atoms with van der Waals surface area (Å²) in [5.74, 6) is 6.11. The molecule has 0 radical (unpaired) electrons. The maximum atomic E-state index is 5.46. The van der Waals surface area contributed by atoms with E-state index in [4.69, 9.17) is 5.84 Å². The fourth-order valence-electron chi connectivity index (χ4n) is 1.81. The van der Waals surface area contributed by atoms with E-state index in [9.17, 15) is 0 Å². The van der Waals surface area contributed by atoms with Gasteiger partial charge in [-0.05, 0) is 41.5 Å². The van der Waals surface area contributed by atoms with Crippen LogP contribution in [0.3, 0.4) is 0 Å². The van der Waals surface area contributed by atoms with Gasteiger partial charge in [0.15, 0.2) is 0 Å². The highest BCUT2D eigenvalue weighted by atomic mass is 32.2. The number of rotatable bonds is 5. The van der Waals surface area contributed by atoms with Crippen LogP contribution in [0, 0.1) is 0 Å². The number of nitrogens with zero attached hydrogens (tertiary/aromatic N) is 6. The highest BCUT2D eigenvalue weighted by molar-refractivity contribution is 7.99. The lowest BCUT2D eigenvalue weighted by molar-refractivity contribution is 0.565. The summed E-state index contributed by atoms with van der Waals surface area (Å²) in [4.78, 5) is 8.41. The van der Waals surface area contributed by atoms with Crippen molar-refractivity contribution in [2.45, 2.75) is 42.4 Å². The van der Waals surface area contributed by atoms with E-state index in [1.54, 1.807) is 0 Å². The number of nitrogens with two attached hydrogens (primary N) is 1. The Morgan fingerprint density at radius 2 is 2.32 bits per heavy atom. The first-order valence-electron chi connectivity index (χ1n) is 6.09. The Hall–Kier alpha value is -1.74. The van der Waals surface area contributed by atoms with Gasteiger partial charge in [-0.1, -0.05) is 6.92 Å². The second-order valence-electron chi connectivity index (χ2n) is 4.24. The van der Waals surface area contributed by atoms with Crippen LogP contribution < -0.4 is 11.3 Å². The van der Waals surface area contributed by atoms with Gasteiger partial charge in [-0.2, -0.15) is 0 Å². The molecule has 0 spiro atoms. The third-order valence-electron chi connectivity index (χ3n) is 2.94. The zero-order chi connectivity index (χ0) is 13.2. The van der Waals surface area contributed by atoms with Crippen molar-refractivity contribution < 1.29 is 0 Å². The Kier molecular flexibility index (Phi) is 3.30. The lowest BCUT2D eigenvalue weighted by Crippen LogP contribution is -2.12. The van der Waals surface area contributed by atoms with E-state index in [1.165, 1.54) is 18.1 Å². The lowest BCUT2D eigenvalue weighted by Gasteiger charge is -2.09. The molecule has 1 aliphatic rings. The topological polar surface area (TPSA) is 107 Å². The molecule has 1 fully saturated rings. The van der Waals surface area contributed by atoms with Gasteiger partial charge in [-0.3, -0.25) is 0 Å². The molecule has 0 aliphatic heterocycles. The fourth-order valence-corrected chi connectivity index (χ4v) is 2.81. The van der Waals surface area contributed by atoms with Crippen molar-refractivity contribution in [1.29, 1.82) is 0 Å². The summed E-state index contributed by atoms with van der Waals surface area (Å²) in [6.45, 7) is 2.04. The zero-order valence-corrected chi connectivity index (χ0v) is 11.3. The minimum absolute atomic E-state index is 0.441. The molecule has 0 aromatic carbocycles. The summed E-state index contributed by atoms with van der Waals surface area (Å²) in [6, 6.07) is 0.441. The van der Waals surface area contributed by atoms with Crippen LogP contribution in [-0.2, 0) is 6.42 Å². The van der Waals surface area contributed by atoms with Gasteiger partial charge in [0.2, 0.25) is 5.16 Å². The predicted octanol–water partition coefficient (Wildman–Crippen LogP) is 0.797. The molecule has 19 heavy (non-hydrogen) atoms. The van der Waals surface area contributed by atoms with Crippen LogP contribution in [0.15, 0.2) is 16.5 Å². The highest BCUT2D eigenvalue weighted by Crippen LogP contribution is 2.38. The average Bonchev–Trinajstić information content (AvgIpc) is 3.19. The highest BCUT2D eigenvalue weighted by Gasteiger charge is 2.28. The summed E-state index contributed by atoms with van der Waals surface area (Å²) in [7, 11) is 0. The Morgan fingerprint density at radius 3 is 3.00 bits per heavy atom. The molecule has 100 valence electrons. The summed E-state index contributed by atoms with van der Waals surface area (Å²) in [5.41, 5.74) is 3.57. The third kappa shape index (κ3) is 2.38. The Labute approximate surface area is 114 Å². The molecule has 0 unspecified atom stereocenters. The normalized spacial score (nSPS) is 14.6. The van der Waals surface area contributed by atoms with E-state index in [0.717, 1.165) is 35.0 Å². The van der Waals surface area contributed by atoms with Crippen molar-refractivity contribution in [3.63, 3.8) is 0 Å². The molecule has 1 saturated carbocycles. The van der Waals surface area contributed by atoms with Crippen molar-refractivity contribution in [1.82, 2.24) is 30.2 Å². The molecule has 2 aromatic rings.